The minimum atomic E-state index is -0.198. The number of carbonyl (C=O) groups is 2. The highest BCUT2D eigenvalue weighted by Crippen LogP contribution is 2.71. The fraction of sp³-hybridized carbons (Fsp3) is 0.630. The maximum absolute atomic E-state index is 12.9. The van der Waals surface area contributed by atoms with Crippen molar-refractivity contribution < 1.29 is 14.3 Å². The average molecular weight is 405 g/mol. The Morgan fingerprint density at radius 1 is 1.03 bits per heavy atom. The summed E-state index contributed by atoms with van der Waals surface area (Å²) in [5.74, 6) is 3.43. The fourth-order valence-electron chi connectivity index (χ4n) is 8.19. The van der Waals surface area contributed by atoms with Gasteiger partial charge in [0.1, 0.15) is 11.9 Å². The van der Waals surface area contributed by atoms with Crippen LogP contribution < -0.4 is 0 Å². The van der Waals surface area contributed by atoms with Gasteiger partial charge in [-0.05, 0) is 79.7 Å². The molecule has 0 unspecified atom stereocenters. The Labute approximate surface area is 179 Å². The van der Waals surface area contributed by atoms with Gasteiger partial charge >= 0.3 is 5.97 Å². The molecular formula is C27H32O3. The first-order valence-electron chi connectivity index (χ1n) is 11.9. The summed E-state index contributed by atoms with van der Waals surface area (Å²) in [6.45, 7) is 4.75. The van der Waals surface area contributed by atoms with E-state index in [2.05, 4.69) is 19.9 Å². The van der Waals surface area contributed by atoms with Gasteiger partial charge in [0.15, 0.2) is 0 Å². The molecule has 0 N–H and O–H groups in total. The molecule has 3 heteroatoms. The Kier molecular flexibility index (Phi) is 3.96. The molecule has 4 fully saturated rings. The number of Topliss-reactive ketones (excluding diaryl/α,β-unsaturated/α-hetero) is 1. The predicted octanol–water partition coefficient (Wildman–Crippen LogP) is 5.60. The van der Waals surface area contributed by atoms with Crippen LogP contribution in [0, 0.1) is 40.4 Å². The first-order valence-corrected chi connectivity index (χ1v) is 11.9. The molecule has 0 bridgehead atoms. The lowest BCUT2D eigenvalue weighted by Gasteiger charge is -2.57. The van der Waals surface area contributed by atoms with Crippen molar-refractivity contribution in [3.05, 3.63) is 47.5 Å². The number of hydrogen-bond acceptors (Lipinski definition) is 3. The molecule has 158 valence electrons. The third-order valence-corrected chi connectivity index (χ3v) is 9.79. The summed E-state index contributed by atoms with van der Waals surface area (Å²) in [5.41, 5.74) is 2.33. The van der Waals surface area contributed by atoms with Gasteiger partial charge in [0.05, 0.1) is 5.56 Å². The molecule has 5 aliphatic rings. The Morgan fingerprint density at radius 2 is 1.80 bits per heavy atom. The lowest BCUT2D eigenvalue weighted by Crippen LogP contribution is -2.51. The Hall–Kier alpha value is -1.90. The van der Waals surface area contributed by atoms with Gasteiger partial charge in [-0.15, -0.1) is 0 Å². The normalized spacial score (nSPS) is 46.1. The molecule has 1 aromatic carbocycles. The summed E-state index contributed by atoms with van der Waals surface area (Å²) < 4.78 is 5.91. The van der Waals surface area contributed by atoms with Crippen LogP contribution in [-0.2, 0) is 9.53 Å². The van der Waals surface area contributed by atoms with Crippen LogP contribution in [0.2, 0.25) is 0 Å². The van der Waals surface area contributed by atoms with Crippen LogP contribution in [-0.4, -0.2) is 17.9 Å². The van der Waals surface area contributed by atoms with Crippen molar-refractivity contribution in [2.75, 3.05) is 0 Å². The number of ketones is 1. The van der Waals surface area contributed by atoms with Gasteiger partial charge in [0, 0.05) is 17.8 Å². The minimum absolute atomic E-state index is 0.0108. The Morgan fingerprint density at radius 3 is 2.60 bits per heavy atom. The molecule has 0 heterocycles. The second kappa shape index (κ2) is 6.31. The zero-order chi connectivity index (χ0) is 20.7. The van der Waals surface area contributed by atoms with E-state index in [0.29, 0.717) is 40.9 Å². The van der Waals surface area contributed by atoms with Crippen LogP contribution in [0.15, 0.2) is 42.0 Å². The zero-order valence-corrected chi connectivity index (χ0v) is 18.1. The van der Waals surface area contributed by atoms with E-state index >= 15 is 0 Å². The van der Waals surface area contributed by atoms with Crippen molar-refractivity contribution in [3.8, 4) is 0 Å². The number of carbonyl (C=O) groups excluding carboxylic acids is 2. The highest BCUT2D eigenvalue weighted by Gasteiger charge is 2.70. The second-order valence-electron chi connectivity index (χ2n) is 11.1. The molecule has 3 nitrogen and oxygen atoms in total. The smallest absolute Gasteiger partial charge is 0.338 e. The van der Waals surface area contributed by atoms with Gasteiger partial charge in [-0.1, -0.05) is 43.7 Å². The molecule has 5 aliphatic carbocycles. The molecule has 0 radical (unpaired) electrons. The summed E-state index contributed by atoms with van der Waals surface area (Å²) in [7, 11) is 0. The molecular weight excluding hydrogens is 372 g/mol. The van der Waals surface area contributed by atoms with Crippen LogP contribution in [0.25, 0.3) is 0 Å². The van der Waals surface area contributed by atoms with Gasteiger partial charge in [-0.3, -0.25) is 4.79 Å². The molecule has 30 heavy (non-hydrogen) atoms. The average Bonchev–Trinajstić information content (AvgIpc) is 3.49. The summed E-state index contributed by atoms with van der Waals surface area (Å²) in [6, 6.07) is 9.34. The number of ether oxygens (including phenoxy) is 1. The SMILES string of the molecule is C[C@]12CC[C@H](OC(=O)c3ccccc3)CC1=CC[C@H]1[C@@H]3[C@@H]4C[C@@H]4C(=O)[C@@]3(C)CC[C@@H]12. The standard InChI is InChI=1S/C27H32O3/c1-26-12-10-18(30-25(29)16-6-4-3-5-7-16)14-17(26)8-9-19-22(26)11-13-27(2)23(19)20-15-21(20)24(27)28/h3-8,18-23H,9-15H2,1-2H3/t18-,19+,20+,21-,22-,23+,26-,27-/m0/s1. The maximum atomic E-state index is 12.9. The van der Waals surface area contributed by atoms with E-state index in [1.807, 2.05) is 30.3 Å². The Bertz CT molecular complexity index is 933. The minimum Gasteiger partial charge on any atom is -0.458 e. The third-order valence-electron chi connectivity index (χ3n) is 9.79. The molecule has 8 atom stereocenters. The Balaban J connectivity index is 1.22. The first-order chi connectivity index (χ1) is 14.4. The molecule has 0 saturated heterocycles. The van der Waals surface area contributed by atoms with Crippen molar-refractivity contribution in [3.63, 3.8) is 0 Å². The summed E-state index contributed by atoms with van der Waals surface area (Å²) in [6.07, 6.45) is 9.94. The van der Waals surface area contributed by atoms with Crippen LogP contribution in [0.3, 0.4) is 0 Å². The second-order valence-corrected chi connectivity index (χ2v) is 11.1. The van der Waals surface area contributed by atoms with E-state index in [4.69, 9.17) is 4.74 Å². The third kappa shape index (κ3) is 2.50. The summed E-state index contributed by atoms with van der Waals surface area (Å²) >= 11 is 0. The molecule has 0 amide bonds. The lowest BCUT2D eigenvalue weighted by atomic mass is 9.47. The van der Waals surface area contributed by atoms with Crippen molar-refractivity contribution in [2.24, 2.45) is 40.4 Å². The van der Waals surface area contributed by atoms with Crippen molar-refractivity contribution >= 4 is 11.8 Å². The van der Waals surface area contributed by atoms with E-state index in [1.165, 1.54) is 12.0 Å². The largest absolute Gasteiger partial charge is 0.458 e. The van der Waals surface area contributed by atoms with E-state index in [-0.39, 0.29) is 22.9 Å². The summed E-state index contributed by atoms with van der Waals surface area (Å²) in [5, 5.41) is 0. The predicted molar refractivity (Wildman–Crippen MR) is 115 cm³/mol. The van der Waals surface area contributed by atoms with Crippen molar-refractivity contribution in [2.45, 2.75) is 64.9 Å². The van der Waals surface area contributed by atoms with Gasteiger partial charge < -0.3 is 4.74 Å². The summed E-state index contributed by atoms with van der Waals surface area (Å²) in [4.78, 5) is 25.5. The molecule has 1 aromatic rings. The van der Waals surface area contributed by atoms with Crippen LogP contribution in [0.4, 0.5) is 0 Å². The number of rotatable bonds is 2. The van der Waals surface area contributed by atoms with Crippen molar-refractivity contribution in [1.82, 2.24) is 0 Å². The quantitative estimate of drug-likeness (QED) is 0.476. The molecule has 6 rings (SSSR count). The molecule has 0 spiro atoms. The monoisotopic (exact) mass is 404 g/mol. The van der Waals surface area contributed by atoms with E-state index < -0.39 is 0 Å². The highest BCUT2D eigenvalue weighted by molar-refractivity contribution is 5.92. The van der Waals surface area contributed by atoms with Gasteiger partial charge in [-0.2, -0.15) is 0 Å². The number of fused-ring (bicyclic) bond motifs is 7. The van der Waals surface area contributed by atoms with Gasteiger partial charge in [0.2, 0.25) is 0 Å². The number of allylic oxidation sites excluding steroid dienone is 1. The maximum Gasteiger partial charge on any atom is 0.338 e. The van der Waals surface area contributed by atoms with Crippen LogP contribution in [0.1, 0.15) is 69.2 Å². The fourth-order valence-corrected chi connectivity index (χ4v) is 8.19. The van der Waals surface area contributed by atoms with Crippen molar-refractivity contribution in [1.29, 1.82) is 0 Å². The number of benzene rings is 1. The van der Waals surface area contributed by atoms with E-state index in [9.17, 15) is 9.59 Å². The number of hydrogen-bond donors (Lipinski definition) is 0. The highest BCUT2D eigenvalue weighted by atomic mass is 16.5. The molecule has 4 saturated carbocycles. The lowest BCUT2D eigenvalue weighted by molar-refractivity contribution is -0.135. The van der Waals surface area contributed by atoms with Crippen LogP contribution >= 0.6 is 0 Å². The number of esters is 1. The van der Waals surface area contributed by atoms with Crippen LogP contribution in [0.5, 0.6) is 0 Å². The van der Waals surface area contributed by atoms with E-state index in [1.54, 1.807) is 0 Å². The van der Waals surface area contributed by atoms with E-state index in [0.717, 1.165) is 38.5 Å². The molecule has 0 aromatic heterocycles. The van der Waals surface area contributed by atoms with Gasteiger partial charge in [-0.25, -0.2) is 4.79 Å². The zero-order valence-electron chi connectivity index (χ0n) is 18.1. The van der Waals surface area contributed by atoms with Gasteiger partial charge in [0.25, 0.3) is 0 Å². The first kappa shape index (κ1) is 18.8. The topological polar surface area (TPSA) is 43.4 Å². The molecule has 0 aliphatic heterocycles.